The molecule has 0 radical (unpaired) electrons. The molecule has 0 aliphatic rings. The van der Waals surface area contributed by atoms with Gasteiger partial charge in [0.1, 0.15) is 17.5 Å². The first-order valence-corrected chi connectivity index (χ1v) is 7.05. The fraction of sp³-hybridized carbons (Fsp3) is 0.250. The van der Waals surface area contributed by atoms with Crippen LogP contribution in [-0.2, 0) is 0 Å². The van der Waals surface area contributed by atoms with Crippen molar-refractivity contribution >= 4 is 17.5 Å². The van der Waals surface area contributed by atoms with Gasteiger partial charge in [0.05, 0.1) is 11.6 Å². The summed E-state index contributed by atoms with van der Waals surface area (Å²) in [6.45, 7) is 4.27. The molecule has 0 spiro atoms. The van der Waals surface area contributed by atoms with E-state index in [0.29, 0.717) is 12.2 Å². The fourth-order valence-corrected chi connectivity index (χ4v) is 1.96. The van der Waals surface area contributed by atoms with Crippen LogP contribution < -0.4 is 10.1 Å². The quantitative estimate of drug-likeness (QED) is 0.863. The van der Waals surface area contributed by atoms with Gasteiger partial charge in [-0.05, 0) is 38.1 Å². The van der Waals surface area contributed by atoms with Crippen molar-refractivity contribution in [3.63, 3.8) is 0 Å². The molecule has 4 nitrogen and oxygen atoms in total. The summed E-state index contributed by atoms with van der Waals surface area (Å²) in [6, 6.07) is 10.9. The number of rotatable bonds is 5. The minimum Gasteiger partial charge on any atom is -0.491 e. The topological polar surface area (TPSA) is 51.2 Å². The Bertz CT molecular complexity index is 614. The summed E-state index contributed by atoms with van der Waals surface area (Å²) in [7, 11) is 0. The van der Waals surface area contributed by atoms with Crippen molar-refractivity contribution in [3.05, 3.63) is 58.9 Å². The number of aryl methyl sites for hydroxylation is 1. The number of halogens is 1. The Morgan fingerprint density at radius 1 is 1.33 bits per heavy atom. The molecular formula is C16H17ClN2O2. The molecule has 0 saturated carbocycles. The monoisotopic (exact) mass is 304 g/mol. The summed E-state index contributed by atoms with van der Waals surface area (Å²) in [5.74, 6) is 0.522. The van der Waals surface area contributed by atoms with E-state index in [-0.39, 0.29) is 17.1 Å². The van der Waals surface area contributed by atoms with E-state index in [0.717, 1.165) is 5.75 Å². The number of hydrogen-bond donors (Lipinski definition) is 1. The van der Waals surface area contributed by atoms with Gasteiger partial charge in [0.15, 0.2) is 0 Å². The van der Waals surface area contributed by atoms with Gasteiger partial charge in [0.2, 0.25) is 0 Å². The second-order valence-electron chi connectivity index (χ2n) is 4.84. The lowest BCUT2D eigenvalue weighted by Crippen LogP contribution is -2.37. The maximum Gasteiger partial charge on any atom is 0.254 e. The zero-order chi connectivity index (χ0) is 15.2. The summed E-state index contributed by atoms with van der Waals surface area (Å²) in [6.07, 6.45) is 1.54. The second kappa shape index (κ2) is 7.09. The molecule has 1 aromatic heterocycles. The van der Waals surface area contributed by atoms with Gasteiger partial charge in [0.25, 0.3) is 5.91 Å². The van der Waals surface area contributed by atoms with E-state index in [1.54, 1.807) is 18.3 Å². The van der Waals surface area contributed by atoms with Crippen molar-refractivity contribution in [3.8, 4) is 5.75 Å². The van der Waals surface area contributed by atoms with Gasteiger partial charge < -0.3 is 10.1 Å². The van der Waals surface area contributed by atoms with Crippen LogP contribution in [0.15, 0.2) is 42.6 Å². The molecule has 0 aliphatic heterocycles. The van der Waals surface area contributed by atoms with E-state index < -0.39 is 0 Å². The number of nitrogens with zero attached hydrogens (tertiary/aromatic N) is 1. The van der Waals surface area contributed by atoms with E-state index in [1.165, 1.54) is 5.56 Å². The average molecular weight is 305 g/mol. The van der Waals surface area contributed by atoms with Gasteiger partial charge in [-0.25, -0.2) is 4.98 Å². The minimum atomic E-state index is -0.256. The van der Waals surface area contributed by atoms with Crippen LogP contribution in [0.3, 0.4) is 0 Å². The van der Waals surface area contributed by atoms with E-state index in [4.69, 9.17) is 16.3 Å². The molecule has 0 aliphatic carbocycles. The molecule has 110 valence electrons. The second-order valence-corrected chi connectivity index (χ2v) is 5.20. The average Bonchev–Trinajstić information content (AvgIpc) is 2.47. The molecule has 0 saturated heterocycles. The molecule has 1 atom stereocenters. The number of ether oxygens (including phenoxy) is 1. The van der Waals surface area contributed by atoms with Gasteiger partial charge in [-0.15, -0.1) is 0 Å². The van der Waals surface area contributed by atoms with Crippen molar-refractivity contribution < 1.29 is 9.53 Å². The van der Waals surface area contributed by atoms with Gasteiger partial charge in [-0.2, -0.15) is 0 Å². The molecule has 5 heteroatoms. The number of nitrogens with one attached hydrogen (secondary N) is 1. The zero-order valence-corrected chi connectivity index (χ0v) is 12.7. The molecule has 1 amide bonds. The normalized spacial score (nSPS) is 11.8. The maximum absolute atomic E-state index is 12.0. The first-order chi connectivity index (χ1) is 10.1. The lowest BCUT2D eigenvalue weighted by molar-refractivity contribution is 0.0926. The molecule has 2 rings (SSSR count). The lowest BCUT2D eigenvalue weighted by atomic mass is 10.2. The molecular weight excluding hydrogens is 288 g/mol. The maximum atomic E-state index is 12.0. The van der Waals surface area contributed by atoms with Crippen LogP contribution in [0.5, 0.6) is 5.75 Å². The van der Waals surface area contributed by atoms with E-state index in [9.17, 15) is 4.79 Å². The van der Waals surface area contributed by atoms with Crippen LogP contribution in [0.4, 0.5) is 0 Å². The third-order valence-corrected chi connectivity index (χ3v) is 3.20. The number of pyridine rings is 1. The standard InChI is InChI=1S/C16H17ClN2O2/c1-11-5-7-13(8-6-11)21-10-12(2)19-16(20)14-4-3-9-18-15(14)17/h3-9,12H,10H2,1-2H3,(H,19,20). The zero-order valence-electron chi connectivity index (χ0n) is 12.0. The molecule has 0 bridgehead atoms. The summed E-state index contributed by atoms with van der Waals surface area (Å²) >= 11 is 5.89. The molecule has 0 fully saturated rings. The van der Waals surface area contributed by atoms with Crippen LogP contribution >= 0.6 is 11.6 Å². The highest BCUT2D eigenvalue weighted by atomic mass is 35.5. The number of amides is 1. The SMILES string of the molecule is Cc1ccc(OCC(C)NC(=O)c2cccnc2Cl)cc1. The Balaban J connectivity index is 1.87. The predicted molar refractivity (Wildman–Crippen MR) is 82.8 cm³/mol. The summed E-state index contributed by atoms with van der Waals surface area (Å²) in [4.78, 5) is 15.9. The lowest BCUT2D eigenvalue weighted by Gasteiger charge is -2.15. The highest BCUT2D eigenvalue weighted by Crippen LogP contribution is 2.13. The van der Waals surface area contributed by atoms with Gasteiger partial charge in [-0.1, -0.05) is 29.3 Å². The first-order valence-electron chi connectivity index (χ1n) is 6.67. The molecule has 1 heterocycles. The Kier molecular flexibility index (Phi) is 5.17. The molecule has 1 N–H and O–H groups in total. The summed E-state index contributed by atoms with van der Waals surface area (Å²) in [5.41, 5.74) is 1.54. The van der Waals surface area contributed by atoms with Crippen molar-refractivity contribution in [1.29, 1.82) is 0 Å². The van der Waals surface area contributed by atoms with E-state index in [2.05, 4.69) is 10.3 Å². The highest BCUT2D eigenvalue weighted by molar-refractivity contribution is 6.32. The number of benzene rings is 1. The Hall–Kier alpha value is -2.07. The van der Waals surface area contributed by atoms with Crippen LogP contribution in [0.2, 0.25) is 5.15 Å². The molecule has 1 aromatic carbocycles. The van der Waals surface area contributed by atoms with Gasteiger partial charge in [-0.3, -0.25) is 4.79 Å². The van der Waals surface area contributed by atoms with Crippen molar-refractivity contribution in [1.82, 2.24) is 10.3 Å². The minimum absolute atomic E-state index is 0.143. The van der Waals surface area contributed by atoms with Crippen LogP contribution in [0, 0.1) is 6.92 Å². The van der Waals surface area contributed by atoms with E-state index in [1.807, 2.05) is 38.1 Å². The highest BCUT2D eigenvalue weighted by Gasteiger charge is 2.13. The van der Waals surface area contributed by atoms with Crippen LogP contribution in [0.1, 0.15) is 22.8 Å². The summed E-state index contributed by atoms with van der Waals surface area (Å²) in [5, 5.41) is 3.03. The number of hydrogen-bond acceptors (Lipinski definition) is 3. The van der Waals surface area contributed by atoms with Gasteiger partial charge >= 0.3 is 0 Å². The summed E-state index contributed by atoms with van der Waals surface area (Å²) < 4.78 is 5.63. The molecule has 21 heavy (non-hydrogen) atoms. The largest absolute Gasteiger partial charge is 0.491 e. The van der Waals surface area contributed by atoms with Gasteiger partial charge in [0, 0.05) is 6.20 Å². The van der Waals surface area contributed by atoms with E-state index >= 15 is 0 Å². The molecule has 2 aromatic rings. The number of aromatic nitrogens is 1. The van der Waals surface area contributed by atoms with Crippen LogP contribution in [-0.4, -0.2) is 23.5 Å². The molecule has 1 unspecified atom stereocenters. The Labute approximate surface area is 129 Å². The van der Waals surface area contributed by atoms with Crippen molar-refractivity contribution in [2.75, 3.05) is 6.61 Å². The number of carbonyl (C=O) groups excluding carboxylic acids is 1. The third kappa shape index (κ3) is 4.46. The Morgan fingerprint density at radius 3 is 2.71 bits per heavy atom. The third-order valence-electron chi connectivity index (χ3n) is 2.90. The Morgan fingerprint density at radius 2 is 2.05 bits per heavy atom. The van der Waals surface area contributed by atoms with Crippen LogP contribution in [0.25, 0.3) is 0 Å². The fourth-order valence-electron chi connectivity index (χ4n) is 1.75. The number of carbonyl (C=O) groups is 1. The van der Waals surface area contributed by atoms with Crippen molar-refractivity contribution in [2.24, 2.45) is 0 Å². The first kappa shape index (κ1) is 15.3. The predicted octanol–water partition coefficient (Wildman–Crippen LogP) is 3.24. The van der Waals surface area contributed by atoms with Crippen molar-refractivity contribution in [2.45, 2.75) is 19.9 Å². The smallest absolute Gasteiger partial charge is 0.254 e.